The van der Waals surface area contributed by atoms with Gasteiger partial charge >= 0.3 is 6.18 Å². The van der Waals surface area contributed by atoms with Crippen molar-refractivity contribution in [1.82, 2.24) is 9.55 Å². The van der Waals surface area contributed by atoms with Crippen LogP contribution in [0, 0.1) is 6.92 Å². The fraction of sp³-hybridized carbons (Fsp3) is 0.273. The van der Waals surface area contributed by atoms with Crippen molar-refractivity contribution in [3.63, 3.8) is 0 Å². The van der Waals surface area contributed by atoms with Crippen molar-refractivity contribution in [2.45, 2.75) is 19.6 Å². The highest BCUT2D eigenvalue weighted by molar-refractivity contribution is 9.10. The molecule has 3 nitrogen and oxygen atoms in total. The first-order valence-corrected chi connectivity index (χ1v) is 6.29. The number of aryl methyl sites for hydroxylation is 1. The van der Waals surface area contributed by atoms with Crippen LogP contribution >= 0.6 is 27.5 Å². The molecule has 0 aliphatic heterocycles. The first-order chi connectivity index (χ1) is 8.69. The van der Waals surface area contributed by atoms with Gasteiger partial charge in [0.15, 0.2) is 0 Å². The number of alkyl halides is 3. The molecule has 0 unspecified atom stereocenters. The molecule has 0 radical (unpaired) electrons. The average Bonchev–Trinajstić information content (AvgIpc) is 2.25. The van der Waals surface area contributed by atoms with E-state index in [1.807, 2.05) is 0 Å². The second kappa shape index (κ2) is 4.79. The lowest BCUT2D eigenvalue weighted by Crippen LogP contribution is -2.29. The van der Waals surface area contributed by atoms with E-state index in [1.165, 1.54) is 6.07 Å². The molecular formula is C11H7BrClF3N2O. The highest BCUT2D eigenvalue weighted by atomic mass is 79.9. The normalized spacial score (nSPS) is 12.1. The van der Waals surface area contributed by atoms with Gasteiger partial charge in [-0.1, -0.05) is 0 Å². The van der Waals surface area contributed by atoms with Crippen LogP contribution in [0.4, 0.5) is 13.2 Å². The molecule has 1 heterocycles. The summed E-state index contributed by atoms with van der Waals surface area (Å²) in [5.41, 5.74) is 0.176. The van der Waals surface area contributed by atoms with Gasteiger partial charge in [-0.3, -0.25) is 9.36 Å². The van der Waals surface area contributed by atoms with Crippen molar-refractivity contribution in [2.75, 3.05) is 0 Å². The molecule has 0 bridgehead atoms. The predicted octanol–water partition coefficient (Wildman–Crippen LogP) is 3.68. The van der Waals surface area contributed by atoms with Crippen LogP contribution in [0.1, 0.15) is 5.56 Å². The van der Waals surface area contributed by atoms with Crippen molar-refractivity contribution in [3.05, 3.63) is 37.8 Å². The zero-order chi connectivity index (χ0) is 14.4. The van der Waals surface area contributed by atoms with E-state index in [9.17, 15) is 18.0 Å². The van der Waals surface area contributed by atoms with E-state index in [1.54, 1.807) is 13.0 Å². The van der Waals surface area contributed by atoms with Crippen LogP contribution in [0.25, 0.3) is 10.9 Å². The van der Waals surface area contributed by atoms with Gasteiger partial charge in [0.05, 0.1) is 10.9 Å². The van der Waals surface area contributed by atoms with Crippen LogP contribution in [0.3, 0.4) is 0 Å². The summed E-state index contributed by atoms with van der Waals surface area (Å²) < 4.78 is 38.1. The van der Waals surface area contributed by atoms with Gasteiger partial charge in [-0.2, -0.15) is 13.2 Å². The number of rotatable bonds is 1. The number of halogens is 5. The molecule has 8 heteroatoms. The van der Waals surface area contributed by atoms with Crippen molar-refractivity contribution in [2.24, 2.45) is 0 Å². The molecule has 2 aromatic rings. The Morgan fingerprint density at radius 2 is 2.05 bits per heavy atom. The lowest BCUT2D eigenvalue weighted by atomic mass is 10.2. The number of aromatic nitrogens is 2. The molecule has 0 spiro atoms. The van der Waals surface area contributed by atoms with Crippen molar-refractivity contribution >= 4 is 38.4 Å². The molecule has 0 aliphatic carbocycles. The quantitative estimate of drug-likeness (QED) is 0.732. The van der Waals surface area contributed by atoms with E-state index in [0.717, 1.165) is 5.56 Å². The number of benzene rings is 1. The van der Waals surface area contributed by atoms with E-state index < -0.39 is 23.6 Å². The molecule has 19 heavy (non-hydrogen) atoms. The minimum atomic E-state index is -4.54. The Balaban J connectivity index is 2.78. The zero-order valence-electron chi connectivity index (χ0n) is 9.55. The molecule has 102 valence electrons. The van der Waals surface area contributed by atoms with E-state index in [4.69, 9.17) is 11.6 Å². The Kier molecular flexibility index (Phi) is 3.61. The van der Waals surface area contributed by atoms with E-state index >= 15 is 0 Å². The monoisotopic (exact) mass is 354 g/mol. The number of hydrogen-bond donors (Lipinski definition) is 0. The van der Waals surface area contributed by atoms with Crippen molar-refractivity contribution in [1.29, 1.82) is 0 Å². The predicted molar refractivity (Wildman–Crippen MR) is 69.5 cm³/mol. The Morgan fingerprint density at radius 3 is 2.63 bits per heavy atom. The van der Waals surface area contributed by atoms with Gasteiger partial charge in [-0.15, -0.1) is 0 Å². The second-order valence-corrected chi connectivity index (χ2v) is 5.22. The van der Waals surface area contributed by atoms with Crippen molar-refractivity contribution < 1.29 is 13.2 Å². The molecular weight excluding hydrogens is 348 g/mol. The van der Waals surface area contributed by atoms with Gasteiger partial charge in [0.25, 0.3) is 5.56 Å². The molecule has 0 fully saturated rings. The van der Waals surface area contributed by atoms with E-state index in [0.29, 0.717) is 9.04 Å². The Morgan fingerprint density at radius 1 is 1.42 bits per heavy atom. The van der Waals surface area contributed by atoms with Crippen molar-refractivity contribution in [3.8, 4) is 0 Å². The molecule has 0 saturated heterocycles. The summed E-state index contributed by atoms with van der Waals surface area (Å²) in [6.07, 6.45) is -4.54. The third kappa shape index (κ3) is 2.92. The first kappa shape index (κ1) is 14.3. The Labute approximate surface area is 119 Å². The summed E-state index contributed by atoms with van der Waals surface area (Å²) in [7, 11) is 0. The van der Waals surface area contributed by atoms with Gasteiger partial charge in [0, 0.05) is 4.47 Å². The zero-order valence-corrected chi connectivity index (χ0v) is 11.9. The smallest absolute Gasteiger partial charge is 0.274 e. The van der Waals surface area contributed by atoms with Crippen LogP contribution in [-0.2, 0) is 6.54 Å². The largest absolute Gasteiger partial charge is 0.406 e. The summed E-state index contributed by atoms with van der Waals surface area (Å²) in [4.78, 5) is 15.9. The molecule has 0 aliphatic rings. The maximum absolute atomic E-state index is 12.4. The molecule has 1 aromatic heterocycles. The average molecular weight is 356 g/mol. The third-order valence-electron chi connectivity index (χ3n) is 2.45. The highest BCUT2D eigenvalue weighted by Crippen LogP contribution is 2.25. The number of fused-ring (bicyclic) bond motifs is 1. The van der Waals surface area contributed by atoms with Gasteiger partial charge in [0.2, 0.25) is 5.28 Å². The van der Waals surface area contributed by atoms with Crippen LogP contribution in [0.2, 0.25) is 5.28 Å². The second-order valence-electron chi connectivity index (χ2n) is 4.03. The fourth-order valence-electron chi connectivity index (χ4n) is 1.71. The summed E-state index contributed by atoms with van der Waals surface area (Å²) in [6.45, 7) is 0.269. The molecule has 2 rings (SSSR count). The summed E-state index contributed by atoms with van der Waals surface area (Å²) >= 11 is 8.87. The first-order valence-electron chi connectivity index (χ1n) is 5.12. The third-order valence-corrected chi connectivity index (χ3v) is 3.34. The number of nitrogens with zero attached hydrogens (tertiary/aromatic N) is 2. The Hall–Kier alpha value is -1.08. The lowest BCUT2D eigenvalue weighted by molar-refractivity contribution is -0.141. The molecule has 0 saturated carbocycles. The van der Waals surface area contributed by atoms with Crippen LogP contribution in [0.15, 0.2) is 21.4 Å². The standard InChI is InChI=1S/C11H7BrClF3N2O/c1-5-2-6-8(7(12)3-5)17-10(13)18(9(6)19)4-11(14,15)16/h2-3H,4H2,1H3. The molecule has 0 atom stereocenters. The minimum absolute atomic E-state index is 0.0977. The topological polar surface area (TPSA) is 34.9 Å². The van der Waals surface area contributed by atoms with Gasteiger partial charge in [0.1, 0.15) is 6.54 Å². The summed E-state index contributed by atoms with van der Waals surface area (Å²) in [5.74, 6) is 0. The SMILES string of the molecule is Cc1cc(Br)c2nc(Cl)n(CC(F)(F)F)c(=O)c2c1. The van der Waals surface area contributed by atoms with Gasteiger partial charge in [-0.25, -0.2) is 4.98 Å². The van der Waals surface area contributed by atoms with E-state index in [-0.39, 0.29) is 10.9 Å². The van der Waals surface area contributed by atoms with Crippen LogP contribution in [0.5, 0.6) is 0 Å². The fourth-order valence-corrected chi connectivity index (χ4v) is 2.59. The molecule has 1 aromatic carbocycles. The van der Waals surface area contributed by atoms with E-state index in [2.05, 4.69) is 20.9 Å². The summed E-state index contributed by atoms with van der Waals surface area (Å²) in [5, 5.41) is -0.389. The maximum atomic E-state index is 12.4. The van der Waals surface area contributed by atoms with Crippen LogP contribution < -0.4 is 5.56 Å². The Bertz CT molecular complexity index is 712. The van der Waals surface area contributed by atoms with Crippen LogP contribution in [-0.4, -0.2) is 15.7 Å². The number of hydrogen-bond acceptors (Lipinski definition) is 2. The lowest BCUT2D eigenvalue weighted by Gasteiger charge is -2.12. The van der Waals surface area contributed by atoms with Gasteiger partial charge < -0.3 is 0 Å². The maximum Gasteiger partial charge on any atom is 0.406 e. The molecule has 0 N–H and O–H groups in total. The molecule has 0 amide bonds. The highest BCUT2D eigenvalue weighted by Gasteiger charge is 2.30. The summed E-state index contributed by atoms with van der Waals surface area (Å²) in [6, 6.07) is 3.19. The van der Waals surface area contributed by atoms with Gasteiger partial charge in [-0.05, 0) is 52.2 Å². The minimum Gasteiger partial charge on any atom is -0.274 e.